The maximum absolute atomic E-state index is 6.34. The van der Waals surface area contributed by atoms with Crippen molar-refractivity contribution in [1.82, 2.24) is 9.97 Å². The highest BCUT2D eigenvalue weighted by Crippen LogP contribution is 2.30. The Balaban J connectivity index is 1.86. The normalized spacial score (nSPS) is 14.5. The largest absolute Gasteiger partial charge is 0.356 e. The summed E-state index contributed by atoms with van der Waals surface area (Å²) >= 11 is 6.34. The second-order valence-electron chi connectivity index (χ2n) is 5.52. The first-order valence-electron chi connectivity index (χ1n) is 7.24. The van der Waals surface area contributed by atoms with Gasteiger partial charge in [-0.25, -0.2) is 9.97 Å². The van der Waals surface area contributed by atoms with E-state index in [0.29, 0.717) is 5.02 Å². The van der Waals surface area contributed by atoms with E-state index in [9.17, 15) is 0 Å². The Hall–Kier alpha value is -1.81. The molecule has 1 aromatic heterocycles. The maximum atomic E-state index is 6.34. The van der Waals surface area contributed by atoms with Crippen molar-refractivity contribution < 1.29 is 0 Å². The summed E-state index contributed by atoms with van der Waals surface area (Å²) < 4.78 is 0. The highest BCUT2D eigenvalue weighted by Gasteiger charge is 2.14. The van der Waals surface area contributed by atoms with Crippen molar-refractivity contribution >= 4 is 28.9 Å². The Bertz CT molecular complexity index is 627. The number of aromatic nitrogens is 2. The van der Waals surface area contributed by atoms with Crippen molar-refractivity contribution in [1.29, 1.82) is 0 Å². The molecule has 110 valence electrons. The first kappa shape index (κ1) is 14.1. The standard InChI is InChI=1S/C16H19ClN4/c1-11-7-12(2)16(13(17)8-11)20-14-9-15(19-10-18-14)21-5-3-4-6-21/h7-10H,3-6H2,1-2H3,(H,18,19,20). The smallest absolute Gasteiger partial charge is 0.135 e. The van der Waals surface area contributed by atoms with Crippen LogP contribution in [0.25, 0.3) is 0 Å². The van der Waals surface area contributed by atoms with Gasteiger partial charge >= 0.3 is 0 Å². The molecule has 5 heteroatoms. The topological polar surface area (TPSA) is 41.0 Å². The number of rotatable bonds is 3. The molecule has 1 saturated heterocycles. The van der Waals surface area contributed by atoms with Crippen LogP contribution in [0.4, 0.5) is 17.3 Å². The highest BCUT2D eigenvalue weighted by molar-refractivity contribution is 6.33. The van der Waals surface area contributed by atoms with Crippen LogP contribution < -0.4 is 10.2 Å². The maximum Gasteiger partial charge on any atom is 0.135 e. The Kier molecular flexibility index (Phi) is 3.97. The number of hydrogen-bond acceptors (Lipinski definition) is 4. The van der Waals surface area contributed by atoms with Crippen LogP contribution in [0.3, 0.4) is 0 Å². The lowest BCUT2D eigenvalue weighted by atomic mass is 10.1. The summed E-state index contributed by atoms with van der Waals surface area (Å²) in [4.78, 5) is 11.0. The van der Waals surface area contributed by atoms with Crippen LogP contribution in [0.5, 0.6) is 0 Å². The van der Waals surface area contributed by atoms with Crippen molar-refractivity contribution in [3.05, 3.63) is 40.7 Å². The van der Waals surface area contributed by atoms with Gasteiger partial charge in [0.25, 0.3) is 0 Å². The second kappa shape index (κ2) is 5.90. The highest BCUT2D eigenvalue weighted by atomic mass is 35.5. The van der Waals surface area contributed by atoms with E-state index in [2.05, 4.69) is 26.3 Å². The van der Waals surface area contributed by atoms with Gasteiger partial charge in [-0.2, -0.15) is 0 Å². The van der Waals surface area contributed by atoms with Crippen LogP contribution in [0.15, 0.2) is 24.5 Å². The van der Waals surface area contributed by atoms with Crippen LogP contribution in [0.2, 0.25) is 5.02 Å². The molecule has 0 bridgehead atoms. The summed E-state index contributed by atoms with van der Waals surface area (Å²) in [6.07, 6.45) is 4.07. The monoisotopic (exact) mass is 302 g/mol. The van der Waals surface area contributed by atoms with E-state index in [4.69, 9.17) is 11.6 Å². The quantitative estimate of drug-likeness (QED) is 0.927. The molecule has 0 spiro atoms. The average molecular weight is 303 g/mol. The predicted molar refractivity (Wildman–Crippen MR) is 87.7 cm³/mol. The van der Waals surface area contributed by atoms with E-state index < -0.39 is 0 Å². The Morgan fingerprint density at radius 3 is 2.57 bits per heavy atom. The minimum atomic E-state index is 0.717. The molecule has 0 radical (unpaired) electrons. The van der Waals surface area contributed by atoms with E-state index in [1.807, 2.05) is 26.0 Å². The van der Waals surface area contributed by atoms with Crippen molar-refractivity contribution in [3.8, 4) is 0 Å². The van der Waals surface area contributed by atoms with Gasteiger partial charge in [0.2, 0.25) is 0 Å². The molecule has 0 saturated carbocycles. The molecule has 4 nitrogen and oxygen atoms in total. The summed E-state index contributed by atoms with van der Waals surface area (Å²) in [7, 11) is 0. The Labute approximate surface area is 130 Å². The fraction of sp³-hybridized carbons (Fsp3) is 0.375. The Morgan fingerprint density at radius 1 is 1.10 bits per heavy atom. The van der Waals surface area contributed by atoms with Gasteiger partial charge in [-0.15, -0.1) is 0 Å². The van der Waals surface area contributed by atoms with E-state index in [0.717, 1.165) is 41.5 Å². The number of aryl methyl sites for hydroxylation is 2. The van der Waals surface area contributed by atoms with Gasteiger partial charge in [-0.1, -0.05) is 17.7 Å². The molecule has 1 fully saturated rings. The van der Waals surface area contributed by atoms with E-state index in [1.54, 1.807) is 6.33 Å². The van der Waals surface area contributed by atoms with Crippen molar-refractivity contribution in [2.75, 3.05) is 23.3 Å². The molecule has 1 aliphatic rings. The van der Waals surface area contributed by atoms with Crippen LogP contribution in [0.1, 0.15) is 24.0 Å². The predicted octanol–water partition coefficient (Wildman–Crippen LogP) is 4.09. The third-order valence-electron chi connectivity index (χ3n) is 3.77. The Morgan fingerprint density at radius 2 is 1.86 bits per heavy atom. The number of nitrogens with zero attached hydrogens (tertiary/aromatic N) is 3. The van der Waals surface area contributed by atoms with Crippen LogP contribution in [0, 0.1) is 13.8 Å². The average Bonchev–Trinajstić information content (AvgIpc) is 2.97. The summed E-state index contributed by atoms with van der Waals surface area (Å²) in [5.41, 5.74) is 3.18. The van der Waals surface area contributed by atoms with Crippen molar-refractivity contribution in [2.45, 2.75) is 26.7 Å². The van der Waals surface area contributed by atoms with Crippen LogP contribution in [-0.2, 0) is 0 Å². The van der Waals surface area contributed by atoms with E-state index >= 15 is 0 Å². The molecule has 3 rings (SSSR count). The van der Waals surface area contributed by atoms with Crippen molar-refractivity contribution in [2.24, 2.45) is 0 Å². The zero-order chi connectivity index (χ0) is 14.8. The molecule has 1 aliphatic heterocycles. The fourth-order valence-electron chi connectivity index (χ4n) is 2.74. The van der Waals surface area contributed by atoms with Gasteiger partial charge in [0.15, 0.2) is 0 Å². The van der Waals surface area contributed by atoms with Gasteiger partial charge in [0.1, 0.15) is 18.0 Å². The molecular weight excluding hydrogens is 284 g/mol. The van der Waals surface area contributed by atoms with Crippen LogP contribution in [-0.4, -0.2) is 23.1 Å². The summed E-state index contributed by atoms with van der Waals surface area (Å²) in [6, 6.07) is 6.05. The SMILES string of the molecule is Cc1cc(C)c(Nc2cc(N3CCCC3)ncn2)c(Cl)c1. The summed E-state index contributed by atoms with van der Waals surface area (Å²) in [6.45, 7) is 6.23. The fourth-order valence-corrected chi connectivity index (χ4v) is 3.11. The number of hydrogen-bond donors (Lipinski definition) is 1. The van der Waals surface area contributed by atoms with Gasteiger partial charge in [-0.05, 0) is 43.9 Å². The molecule has 0 atom stereocenters. The molecule has 2 aromatic rings. The second-order valence-corrected chi connectivity index (χ2v) is 5.93. The van der Waals surface area contributed by atoms with Gasteiger partial charge < -0.3 is 10.2 Å². The third kappa shape index (κ3) is 3.10. The lowest BCUT2D eigenvalue weighted by Gasteiger charge is -2.17. The lowest BCUT2D eigenvalue weighted by molar-refractivity contribution is 0.928. The molecule has 0 aliphatic carbocycles. The summed E-state index contributed by atoms with van der Waals surface area (Å²) in [5.74, 6) is 1.76. The molecule has 1 aromatic carbocycles. The third-order valence-corrected chi connectivity index (χ3v) is 4.07. The zero-order valence-electron chi connectivity index (χ0n) is 12.4. The van der Waals surface area contributed by atoms with E-state index in [-0.39, 0.29) is 0 Å². The zero-order valence-corrected chi connectivity index (χ0v) is 13.1. The lowest BCUT2D eigenvalue weighted by Crippen LogP contribution is -2.19. The van der Waals surface area contributed by atoms with Gasteiger partial charge in [0, 0.05) is 19.2 Å². The first-order valence-corrected chi connectivity index (χ1v) is 7.62. The number of benzene rings is 1. The number of anilines is 3. The van der Waals surface area contributed by atoms with Crippen molar-refractivity contribution in [3.63, 3.8) is 0 Å². The number of halogens is 1. The van der Waals surface area contributed by atoms with Crippen LogP contribution >= 0.6 is 11.6 Å². The van der Waals surface area contributed by atoms with E-state index in [1.165, 1.54) is 12.8 Å². The molecule has 2 heterocycles. The molecule has 0 amide bonds. The van der Waals surface area contributed by atoms with Gasteiger partial charge in [0.05, 0.1) is 10.7 Å². The minimum Gasteiger partial charge on any atom is -0.356 e. The molecule has 1 N–H and O–H groups in total. The molecular formula is C16H19ClN4. The summed E-state index contributed by atoms with van der Waals surface area (Å²) in [5, 5.41) is 4.04. The minimum absolute atomic E-state index is 0.717. The molecule has 21 heavy (non-hydrogen) atoms. The first-order chi connectivity index (χ1) is 10.1. The molecule has 0 unspecified atom stereocenters. The number of nitrogens with one attached hydrogen (secondary N) is 1. The van der Waals surface area contributed by atoms with Gasteiger partial charge in [-0.3, -0.25) is 0 Å².